The van der Waals surface area contributed by atoms with E-state index >= 15 is 0 Å². The van der Waals surface area contributed by atoms with E-state index in [0.29, 0.717) is 5.56 Å². The maximum atomic E-state index is 12.8. The zero-order valence-corrected chi connectivity index (χ0v) is 19.3. The van der Waals surface area contributed by atoms with E-state index in [1.165, 1.54) is 19.3 Å². The highest BCUT2D eigenvalue weighted by Gasteiger charge is 2.24. The third kappa shape index (κ3) is 5.32. The van der Waals surface area contributed by atoms with Gasteiger partial charge in [-0.1, -0.05) is 41.7 Å². The maximum absolute atomic E-state index is 12.8. The minimum Gasteiger partial charge on any atom is -0.372 e. The molecule has 2 N–H and O–H groups in total. The summed E-state index contributed by atoms with van der Waals surface area (Å²) in [5, 5.41) is 10.3. The summed E-state index contributed by atoms with van der Waals surface area (Å²) in [5.74, 6) is -0.374. The van der Waals surface area contributed by atoms with Gasteiger partial charge in [0, 0.05) is 30.4 Å². The van der Waals surface area contributed by atoms with Gasteiger partial charge in [0.25, 0.3) is 15.9 Å². The number of carbonyl (C=O) groups excluding carboxylic acids is 1. The second-order valence-electron chi connectivity index (χ2n) is 7.68. The van der Waals surface area contributed by atoms with Crippen molar-refractivity contribution in [2.24, 2.45) is 0 Å². The molecule has 1 saturated heterocycles. The lowest BCUT2D eigenvalue weighted by atomic mass is 10.1. The Morgan fingerprint density at radius 3 is 2.38 bits per heavy atom. The van der Waals surface area contributed by atoms with E-state index in [1.54, 1.807) is 37.3 Å². The fraction of sp³-hybridized carbons (Fsp3) is 0.318. The van der Waals surface area contributed by atoms with Crippen LogP contribution in [0, 0.1) is 0 Å². The van der Waals surface area contributed by atoms with E-state index in [1.807, 2.05) is 24.3 Å². The summed E-state index contributed by atoms with van der Waals surface area (Å²) in [6.45, 7) is 3.90. The van der Waals surface area contributed by atoms with Gasteiger partial charge in [-0.25, -0.2) is 13.1 Å². The Morgan fingerprint density at radius 1 is 1.00 bits per heavy atom. The molecule has 0 aliphatic carbocycles. The number of benzene rings is 2. The largest absolute Gasteiger partial charge is 0.372 e. The Bertz CT molecular complexity index is 1160. The van der Waals surface area contributed by atoms with Crippen LogP contribution in [0.25, 0.3) is 0 Å². The van der Waals surface area contributed by atoms with E-state index in [2.05, 4.69) is 25.1 Å². The number of nitrogens with zero attached hydrogens (tertiary/aromatic N) is 3. The van der Waals surface area contributed by atoms with Gasteiger partial charge in [-0.05, 0) is 56.0 Å². The second-order valence-corrected chi connectivity index (χ2v) is 10.5. The molecule has 1 aliphatic rings. The molecule has 10 heteroatoms. The standard InChI is InChI=1S/C22H25N5O3S2/c1-16(17-10-12-19(13-11-17)27-14-6-3-7-15-27)26-32(29,30)22-25-24-21(31-22)23-20(28)18-8-4-2-5-9-18/h2,4-5,8-13,16,26H,3,6-7,14-15H2,1H3,(H,23,24,28)/t16-/m1/s1. The van der Waals surface area contributed by atoms with Gasteiger partial charge >= 0.3 is 0 Å². The number of hydrogen-bond donors (Lipinski definition) is 2. The van der Waals surface area contributed by atoms with Crippen LogP contribution in [0.5, 0.6) is 0 Å². The molecule has 0 unspecified atom stereocenters. The number of piperidine rings is 1. The van der Waals surface area contributed by atoms with E-state index in [4.69, 9.17) is 0 Å². The average Bonchev–Trinajstić information content (AvgIpc) is 3.30. The first-order valence-electron chi connectivity index (χ1n) is 10.5. The van der Waals surface area contributed by atoms with Crippen molar-refractivity contribution in [1.82, 2.24) is 14.9 Å². The molecule has 2 aromatic carbocycles. The van der Waals surface area contributed by atoms with Crippen LogP contribution in [0.4, 0.5) is 10.8 Å². The molecule has 4 rings (SSSR count). The number of carbonyl (C=O) groups is 1. The van der Waals surface area contributed by atoms with Crippen molar-refractivity contribution in [3.63, 3.8) is 0 Å². The van der Waals surface area contributed by atoms with Gasteiger partial charge < -0.3 is 4.90 Å². The lowest BCUT2D eigenvalue weighted by molar-refractivity contribution is 0.102. The van der Waals surface area contributed by atoms with Crippen LogP contribution in [0.15, 0.2) is 58.9 Å². The summed E-state index contributed by atoms with van der Waals surface area (Å²) < 4.78 is 28.0. The molecule has 0 spiro atoms. The molecular formula is C22H25N5O3S2. The Balaban J connectivity index is 1.40. The number of hydrogen-bond acceptors (Lipinski definition) is 7. The fourth-order valence-corrected chi connectivity index (χ4v) is 5.75. The summed E-state index contributed by atoms with van der Waals surface area (Å²) in [6, 6.07) is 16.1. The number of nitrogens with one attached hydrogen (secondary N) is 2. The number of rotatable bonds is 7. The molecule has 1 fully saturated rings. The maximum Gasteiger partial charge on any atom is 0.270 e. The number of amides is 1. The highest BCUT2D eigenvalue weighted by molar-refractivity contribution is 7.91. The van der Waals surface area contributed by atoms with Crippen molar-refractivity contribution in [2.45, 2.75) is 36.6 Å². The summed E-state index contributed by atoms with van der Waals surface area (Å²) in [6.07, 6.45) is 3.68. The van der Waals surface area contributed by atoms with Crippen LogP contribution in [-0.2, 0) is 10.0 Å². The first-order valence-corrected chi connectivity index (χ1v) is 12.8. The number of aromatic nitrogens is 2. The van der Waals surface area contributed by atoms with E-state index in [-0.39, 0.29) is 15.4 Å². The summed E-state index contributed by atoms with van der Waals surface area (Å²) >= 11 is 0.810. The average molecular weight is 472 g/mol. The van der Waals surface area contributed by atoms with Gasteiger partial charge in [0.05, 0.1) is 0 Å². The first-order chi connectivity index (χ1) is 15.4. The van der Waals surface area contributed by atoms with Crippen LogP contribution in [-0.4, -0.2) is 37.6 Å². The van der Waals surface area contributed by atoms with Gasteiger partial charge in [0.15, 0.2) is 0 Å². The Kier molecular flexibility index (Phi) is 6.83. The Morgan fingerprint density at radius 2 is 1.69 bits per heavy atom. The minimum absolute atomic E-state index is 0.123. The molecule has 1 aliphatic heterocycles. The second kappa shape index (κ2) is 9.76. The third-order valence-electron chi connectivity index (χ3n) is 5.34. The lowest BCUT2D eigenvalue weighted by Crippen LogP contribution is -2.29. The van der Waals surface area contributed by atoms with Crippen LogP contribution < -0.4 is 14.9 Å². The van der Waals surface area contributed by atoms with Crippen molar-refractivity contribution >= 4 is 38.1 Å². The summed E-state index contributed by atoms with van der Waals surface area (Å²) in [4.78, 5) is 14.6. The summed E-state index contributed by atoms with van der Waals surface area (Å²) in [5.41, 5.74) is 2.47. The SMILES string of the molecule is C[C@@H](NS(=O)(=O)c1nnc(NC(=O)c2ccccc2)s1)c1ccc(N2CCCCC2)cc1. The molecule has 2 heterocycles. The molecule has 3 aromatic rings. The van der Waals surface area contributed by atoms with E-state index in [0.717, 1.165) is 35.7 Å². The van der Waals surface area contributed by atoms with Crippen LogP contribution in [0.3, 0.4) is 0 Å². The van der Waals surface area contributed by atoms with Gasteiger partial charge in [-0.2, -0.15) is 0 Å². The predicted octanol–water partition coefficient (Wildman–Crippen LogP) is 3.82. The molecule has 0 saturated carbocycles. The van der Waals surface area contributed by atoms with Crippen molar-refractivity contribution in [3.8, 4) is 0 Å². The number of anilines is 2. The highest BCUT2D eigenvalue weighted by Crippen LogP contribution is 2.25. The molecule has 0 bridgehead atoms. The third-order valence-corrected chi connectivity index (χ3v) is 8.09. The van der Waals surface area contributed by atoms with Crippen molar-refractivity contribution in [1.29, 1.82) is 0 Å². The molecule has 168 valence electrons. The molecule has 1 aromatic heterocycles. The topological polar surface area (TPSA) is 104 Å². The predicted molar refractivity (Wildman–Crippen MR) is 126 cm³/mol. The van der Waals surface area contributed by atoms with Gasteiger partial charge in [-0.3, -0.25) is 10.1 Å². The first kappa shape index (κ1) is 22.4. The molecule has 32 heavy (non-hydrogen) atoms. The smallest absolute Gasteiger partial charge is 0.270 e. The molecule has 0 radical (unpaired) electrons. The quantitative estimate of drug-likeness (QED) is 0.508. The molecule has 1 amide bonds. The zero-order valence-electron chi connectivity index (χ0n) is 17.7. The van der Waals surface area contributed by atoms with Gasteiger partial charge in [0.2, 0.25) is 9.47 Å². The highest BCUT2D eigenvalue weighted by atomic mass is 32.2. The van der Waals surface area contributed by atoms with Crippen molar-refractivity contribution < 1.29 is 13.2 Å². The van der Waals surface area contributed by atoms with Crippen molar-refractivity contribution in [3.05, 3.63) is 65.7 Å². The zero-order chi connectivity index (χ0) is 22.6. The normalized spacial score (nSPS) is 15.3. The van der Waals surface area contributed by atoms with Crippen LogP contribution in [0.1, 0.15) is 48.1 Å². The monoisotopic (exact) mass is 471 g/mol. The van der Waals surface area contributed by atoms with Gasteiger partial charge in [-0.15, -0.1) is 10.2 Å². The van der Waals surface area contributed by atoms with E-state index < -0.39 is 16.1 Å². The Hall–Kier alpha value is -2.82. The van der Waals surface area contributed by atoms with Crippen LogP contribution >= 0.6 is 11.3 Å². The Labute approximate surface area is 191 Å². The van der Waals surface area contributed by atoms with Crippen molar-refractivity contribution in [2.75, 3.05) is 23.3 Å². The molecule has 8 nitrogen and oxygen atoms in total. The number of sulfonamides is 1. The molecule has 1 atom stereocenters. The van der Waals surface area contributed by atoms with E-state index in [9.17, 15) is 13.2 Å². The van der Waals surface area contributed by atoms with Gasteiger partial charge in [0.1, 0.15) is 0 Å². The van der Waals surface area contributed by atoms with Crippen LogP contribution in [0.2, 0.25) is 0 Å². The minimum atomic E-state index is -3.88. The molecular weight excluding hydrogens is 446 g/mol. The summed E-state index contributed by atoms with van der Waals surface area (Å²) in [7, 11) is -3.88. The fourth-order valence-electron chi connectivity index (χ4n) is 3.60. The lowest BCUT2D eigenvalue weighted by Gasteiger charge is -2.29.